The van der Waals surface area contributed by atoms with Gasteiger partial charge in [0, 0.05) is 17.6 Å². The molecule has 112 valence electrons. The van der Waals surface area contributed by atoms with Gasteiger partial charge in [0.05, 0.1) is 12.1 Å². The largest absolute Gasteiger partial charge is 0.493 e. The summed E-state index contributed by atoms with van der Waals surface area (Å²) in [6, 6.07) is 3.80. The van der Waals surface area contributed by atoms with Crippen molar-refractivity contribution in [3.8, 4) is 11.5 Å². The van der Waals surface area contributed by atoms with Gasteiger partial charge in [-0.2, -0.15) is 0 Å². The molecule has 1 N–H and O–H groups in total. The summed E-state index contributed by atoms with van der Waals surface area (Å²) < 4.78 is 10.9. The Labute approximate surface area is 130 Å². The van der Waals surface area contributed by atoms with Crippen molar-refractivity contribution in [3.05, 3.63) is 34.3 Å². The zero-order valence-electron chi connectivity index (χ0n) is 12.3. The van der Waals surface area contributed by atoms with Crippen molar-refractivity contribution in [1.82, 2.24) is 5.32 Å². The van der Waals surface area contributed by atoms with Crippen molar-refractivity contribution in [2.45, 2.75) is 32.9 Å². The SMILES string of the molecule is COc1cc(CNC(C)(C)C)cc(Cl)c1OCC=CCl. The fourth-order valence-corrected chi connectivity index (χ4v) is 1.91. The molecule has 0 aliphatic heterocycles. The maximum atomic E-state index is 6.25. The molecule has 0 spiro atoms. The van der Waals surface area contributed by atoms with Gasteiger partial charge in [-0.3, -0.25) is 0 Å². The van der Waals surface area contributed by atoms with Crippen LogP contribution in [0.4, 0.5) is 0 Å². The number of hydrogen-bond acceptors (Lipinski definition) is 3. The number of halogens is 2. The van der Waals surface area contributed by atoms with Crippen LogP contribution in [0.2, 0.25) is 5.02 Å². The van der Waals surface area contributed by atoms with Gasteiger partial charge in [-0.1, -0.05) is 23.2 Å². The summed E-state index contributed by atoms with van der Waals surface area (Å²) in [5, 5.41) is 3.93. The van der Waals surface area contributed by atoms with E-state index in [0.717, 1.165) is 5.56 Å². The molecular weight excluding hydrogens is 297 g/mol. The Bertz CT molecular complexity index is 468. The molecule has 20 heavy (non-hydrogen) atoms. The third-order valence-corrected chi connectivity index (χ3v) is 2.98. The van der Waals surface area contributed by atoms with Crippen molar-refractivity contribution < 1.29 is 9.47 Å². The first-order valence-electron chi connectivity index (χ1n) is 6.37. The van der Waals surface area contributed by atoms with E-state index in [4.69, 9.17) is 32.7 Å². The standard InChI is InChI=1S/C15H21Cl2NO2/c1-15(2,3)18-10-11-8-12(17)14(13(9-11)19-4)20-7-5-6-16/h5-6,8-9,18H,7,10H2,1-4H3. The molecule has 0 aromatic heterocycles. The molecule has 0 aliphatic carbocycles. The second-order valence-electron chi connectivity index (χ2n) is 5.39. The predicted molar refractivity (Wildman–Crippen MR) is 85.1 cm³/mol. The Balaban J connectivity index is 2.89. The fourth-order valence-electron chi connectivity index (χ4n) is 1.55. The smallest absolute Gasteiger partial charge is 0.180 e. The highest BCUT2D eigenvalue weighted by atomic mass is 35.5. The molecular formula is C15H21Cl2NO2. The van der Waals surface area contributed by atoms with Gasteiger partial charge in [-0.15, -0.1) is 0 Å². The fraction of sp³-hybridized carbons (Fsp3) is 0.467. The predicted octanol–water partition coefficient (Wildman–Crippen LogP) is 4.37. The van der Waals surface area contributed by atoms with E-state index in [1.165, 1.54) is 5.54 Å². The zero-order chi connectivity index (χ0) is 15.2. The minimum absolute atomic E-state index is 0.0417. The Morgan fingerprint density at radius 2 is 2.00 bits per heavy atom. The van der Waals surface area contributed by atoms with Gasteiger partial charge in [0.25, 0.3) is 0 Å². The molecule has 1 aromatic rings. The van der Waals surface area contributed by atoms with E-state index < -0.39 is 0 Å². The monoisotopic (exact) mass is 317 g/mol. The van der Waals surface area contributed by atoms with Gasteiger partial charge in [-0.05, 0) is 44.5 Å². The molecule has 0 radical (unpaired) electrons. The summed E-state index contributed by atoms with van der Waals surface area (Å²) in [5.74, 6) is 1.15. The highest BCUT2D eigenvalue weighted by molar-refractivity contribution is 6.32. The van der Waals surface area contributed by atoms with Crippen LogP contribution in [-0.4, -0.2) is 19.3 Å². The lowest BCUT2D eigenvalue weighted by Gasteiger charge is -2.21. The minimum Gasteiger partial charge on any atom is -0.493 e. The van der Waals surface area contributed by atoms with Crippen LogP contribution in [0.1, 0.15) is 26.3 Å². The Hall–Kier alpha value is -0.900. The summed E-state index contributed by atoms with van der Waals surface area (Å²) in [5.41, 5.74) is 2.49. The Morgan fingerprint density at radius 1 is 1.30 bits per heavy atom. The average Bonchev–Trinajstić information content (AvgIpc) is 2.37. The molecule has 0 fully saturated rings. The number of hydrogen-bond donors (Lipinski definition) is 1. The molecule has 0 aliphatic rings. The molecule has 0 saturated heterocycles. The first-order chi connectivity index (χ1) is 9.37. The van der Waals surface area contributed by atoms with Crippen molar-refractivity contribution >= 4 is 23.2 Å². The molecule has 1 rings (SSSR count). The van der Waals surface area contributed by atoms with Crippen LogP contribution < -0.4 is 14.8 Å². The van der Waals surface area contributed by atoms with Gasteiger partial charge >= 0.3 is 0 Å². The number of methoxy groups -OCH3 is 1. The van der Waals surface area contributed by atoms with Crippen LogP contribution in [0.5, 0.6) is 11.5 Å². The van der Waals surface area contributed by atoms with E-state index in [1.807, 2.05) is 12.1 Å². The van der Waals surface area contributed by atoms with Crippen molar-refractivity contribution in [3.63, 3.8) is 0 Å². The molecule has 3 nitrogen and oxygen atoms in total. The van der Waals surface area contributed by atoms with Crippen molar-refractivity contribution in [2.75, 3.05) is 13.7 Å². The summed E-state index contributed by atoms with van der Waals surface area (Å²) in [6.07, 6.45) is 1.69. The quantitative estimate of drug-likeness (QED) is 0.845. The lowest BCUT2D eigenvalue weighted by Crippen LogP contribution is -2.35. The number of nitrogens with one attached hydrogen (secondary N) is 1. The van der Waals surface area contributed by atoms with Gasteiger partial charge in [0.15, 0.2) is 11.5 Å². The van der Waals surface area contributed by atoms with E-state index in [-0.39, 0.29) is 5.54 Å². The second kappa shape index (κ2) is 7.77. The van der Waals surface area contributed by atoms with Crippen LogP contribution in [0.3, 0.4) is 0 Å². The molecule has 0 atom stereocenters. The van der Waals surface area contributed by atoms with Crippen LogP contribution in [0, 0.1) is 0 Å². The number of rotatable bonds is 6. The third-order valence-electron chi connectivity index (χ3n) is 2.53. The second-order valence-corrected chi connectivity index (χ2v) is 6.04. The van der Waals surface area contributed by atoms with E-state index in [9.17, 15) is 0 Å². The summed E-state index contributed by atoms with van der Waals surface area (Å²) in [6.45, 7) is 7.39. The van der Waals surface area contributed by atoms with Crippen LogP contribution in [0.25, 0.3) is 0 Å². The topological polar surface area (TPSA) is 30.5 Å². The molecule has 0 saturated carbocycles. The molecule has 0 bridgehead atoms. The van der Waals surface area contributed by atoms with E-state index >= 15 is 0 Å². The number of ether oxygens (including phenoxy) is 2. The third kappa shape index (κ3) is 5.61. The van der Waals surface area contributed by atoms with Gasteiger partial charge in [0.1, 0.15) is 6.61 Å². The Morgan fingerprint density at radius 3 is 2.55 bits per heavy atom. The summed E-state index contributed by atoms with van der Waals surface area (Å²) in [7, 11) is 1.59. The average molecular weight is 318 g/mol. The van der Waals surface area contributed by atoms with Crippen molar-refractivity contribution in [1.29, 1.82) is 0 Å². The van der Waals surface area contributed by atoms with Crippen LogP contribution in [-0.2, 0) is 6.54 Å². The van der Waals surface area contributed by atoms with Crippen molar-refractivity contribution in [2.24, 2.45) is 0 Å². The minimum atomic E-state index is 0.0417. The molecule has 1 aromatic carbocycles. The molecule has 5 heteroatoms. The molecule has 0 heterocycles. The first-order valence-corrected chi connectivity index (χ1v) is 7.18. The Kier molecular flexibility index (Phi) is 6.66. The van der Waals surface area contributed by atoms with Gasteiger partial charge in [-0.25, -0.2) is 0 Å². The van der Waals surface area contributed by atoms with E-state index in [1.54, 1.807) is 13.2 Å². The highest BCUT2D eigenvalue weighted by Gasteiger charge is 2.14. The van der Waals surface area contributed by atoms with Gasteiger partial charge in [0.2, 0.25) is 0 Å². The normalized spacial score (nSPS) is 11.9. The number of benzene rings is 1. The lowest BCUT2D eigenvalue weighted by atomic mass is 10.1. The zero-order valence-corrected chi connectivity index (χ0v) is 13.8. The molecule has 0 amide bonds. The molecule has 0 unspecified atom stereocenters. The van der Waals surface area contributed by atoms with Gasteiger partial charge < -0.3 is 14.8 Å². The van der Waals surface area contributed by atoms with Crippen LogP contribution in [0.15, 0.2) is 23.7 Å². The van der Waals surface area contributed by atoms with Crippen LogP contribution >= 0.6 is 23.2 Å². The van der Waals surface area contributed by atoms with E-state index in [0.29, 0.717) is 29.7 Å². The van der Waals surface area contributed by atoms with E-state index in [2.05, 4.69) is 26.1 Å². The maximum absolute atomic E-state index is 6.25. The lowest BCUT2D eigenvalue weighted by molar-refractivity contribution is 0.326. The summed E-state index contributed by atoms with van der Waals surface area (Å²) >= 11 is 11.7. The highest BCUT2D eigenvalue weighted by Crippen LogP contribution is 2.36. The first kappa shape index (κ1) is 17.2. The summed E-state index contributed by atoms with van der Waals surface area (Å²) in [4.78, 5) is 0. The maximum Gasteiger partial charge on any atom is 0.180 e.